The number of hydrogen-bond donors (Lipinski definition) is 2. The van der Waals surface area contributed by atoms with Crippen molar-refractivity contribution in [1.29, 1.82) is 0 Å². The maximum absolute atomic E-state index is 12.6. The summed E-state index contributed by atoms with van der Waals surface area (Å²) in [5.74, 6) is 1.59. The van der Waals surface area contributed by atoms with Crippen molar-refractivity contribution in [1.82, 2.24) is 15.3 Å². The molecule has 0 atom stereocenters. The number of carbonyl (C=O) groups is 1. The summed E-state index contributed by atoms with van der Waals surface area (Å²) < 4.78 is 5.89. The first kappa shape index (κ1) is 18.9. The summed E-state index contributed by atoms with van der Waals surface area (Å²) in [4.78, 5) is 21.8. The van der Waals surface area contributed by atoms with Crippen molar-refractivity contribution < 1.29 is 9.53 Å². The molecule has 1 heterocycles. The third-order valence-electron chi connectivity index (χ3n) is 4.42. The topological polar surface area (TPSA) is 76.1 Å². The van der Waals surface area contributed by atoms with Crippen LogP contribution in [0.2, 0.25) is 0 Å². The Morgan fingerprint density at radius 3 is 2.48 bits per heavy atom. The second-order valence-corrected chi connectivity index (χ2v) is 7.36. The number of amides is 1. The van der Waals surface area contributed by atoms with Crippen molar-refractivity contribution in [3.8, 4) is 17.1 Å². The highest BCUT2D eigenvalue weighted by molar-refractivity contribution is 5.94. The molecule has 1 fully saturated rings. The van der Waals surface area contributed by atoms with Gasteiger partial charge in [0.15, 0.2) is 5.82 Å². The molecule has 1 saturated carbocycles. The van der Waals surface area contributed by atoms with Crippen LogP contribution in [0.3, 0.4) is 0 Å². The van der Waals surface area contributed by atoms with Gasteiger partial charge in [-0.25, -0.2) is 9.97 Å². The number of benzene rings is 2. The zero-order chi connectivity index (χ0) is 20.2. The van der Waals surface area contributed by atoms with Crippen LogP contribution >= 0.6 is 0 Å². The van der Waals surface area contributed by atoms with E-state index in [9.17, 15) is 4.79 Å². The fourth-order valence-corrected chi connectivity index (χ4v) is 2.90. The molecular formula is C23H24N4O2. The van der Waals surface area contributed by atoms with E-state index in [1.54, 1.807) is 6.07 Å². The number of hydrogen-bond acceptors (Lipinski definition) is 5. The van der Waals surface area contributed by atoms with Gasteiger partial charge in [-0.05, 0) is 38.8 Å². The summed E-state index contributed by atoms with van der Waals surface area (Å²) in [7, 11) is 0. The predicted octanol–water partition coefficient (Wildman–Crippen LogP) is 4.57. The lowest BCUT2D eigenvalue weighted by Crippen LogP contribution is -2.26. The Kier molecular flexibility index (Phi) is 5.42. The van der Waals surface area contributed by atoms with E-state index in [1.807, 2.05) is 68.4 Å². The molecule has 0 radical (unpaired) electrons. The van der Waals surface area contributed by atoms with Crippen LogP contribution in [0, 0.1) is 0 Å². The maximum atomic E-state index is 12.6. The minimum Gasteiger partial charge on any atom is -0.489 e. The number of nitrogens with zero attached hydrogens (tertiary/aromatic N) is 2. The van der Waals surface area contributed by atoms with E-state index in [2.05, 4.69) is 20.6 Å². The Morgan fingerprint density at radius 2 is 1.76 bits per heavy atom. The highest BCUT2D eigenvalue weighted by atomic mass is 16.5. The molecular weight excluding hydrogens is 364 g/mol. The lowest BCUT2D eigenvalue weighted by molar-refractivity contribution is 0.0946. The van der Waals surface area contributed by atoms with E-state index in [1.165, 1.54) is 0 Å². The number of nitrogens with one attached hydrogen (secondary N) is 2. The average molecular weight is 388 g/mol. The van der Waals surface area contributed by atoms with Gasteiger partial charge in [0, 0.05) is 17.7 Å². The van der Waals surface area contributed by atoms with E-state index in [0.29, 0.717) is 17.3 Å². The molecule has 0 unspecified atom stereocenters. The summed E-state index contributed by atoms with van der Waals surface area (Å²) in [6, 6.07) is 19.3. The Hall–Kier alpha value is -3.41. The van der Waals surface area contributed by atoms with Crippen molar-refractivity contribution in [3.63, 3.8) is 0 Å². The molecule has 4 rings (SSSR count). The molecule has 1 amide bonds. The third-order valence-corrected chi connectivity index (χ3v) is 4.42. The Labute approximate surface area is 170 Å². The van der Waals surface area contributed by atoms with E-state index < -0.39 is 0 Å². The fraction of sp³-hybridized carbons (Fsp3) is 0.261. The van der Waals surface area contributed by atoms with Crippen LogP contribution < -0.4 is 15.4 Å². The first-order valence-corrected chi connectivity index (χ1v) is 9.86. The molecule has 6 heteroatoms. The van der Waals surface area contributed by atoms with Crippen LogP contribution in [0.15, 0.2) is 60.7 Å². The molecule has 2 N–H and O–H groups in total. The normalized spacial score (nSPS) is 13.2. The van der Waals surface area contributed by atoms with Crippen LogP contribution in [0.1, 0.15) is 37.2 Å². The molecule has 0 bridgehead atoms. The Balaban J connectivity index is 1.69. The number of para-hydroxylation sites is 2. The van der Waals surface area contributed by atoms with E-state index in [4.69, 9.17) is 4.74 Å². The fourth-order valence-electron chi connectivity index (χ4n) is 2.90. The molecule has 0 aliphatic heterocycles. The Morgan fingerprint density at radius 1 is 1.03 bits per heavy atom. The molecule has 29 heavy (non-hydrogen) atoms. The van der Waals surface area contributed by atoms with Gasteiger partial charge in [-0.2, -0.15) is 0 Å². The van der Waals surface area contributed by atoms with E-state index in [-0.39, 0.29) is 18.1 Å². The second-order valence-electron chi connectivity index (χ2n) is 7.36. The molecule has 1 aliphatic rings. The highest BCUT2D eigenvalue weighted by Gasteiger charge is 2.25. The molecule has 6 nitrogen and oxygen atoms in total. The monoisotopic (exact) mass is 388 g/mol. The van der Waals surface area contributed by atoms with Gasteiger partial charge in [0.25, 0.3) is 5.91 Å². The van der Waals surface area contributed by atoms with E-state index in [0.717, 1.165) is 29.8 Å². The summed E-state index contributed by atoms with van der Waals surface area (Å²) in [5, 5.41) is 6.29. The van der Waals surface area contributed by atoms with Crippen LogP contribution in [0.5, 0.6) is 5.75 Å². The van der Waals surface area contributed by atoms with Gasteiger partial charge in [-0.1, -0.05) is 42.5 Å². The van der Waals surface area contributed by atoms with Gasteiger partial charge in [-0.3, -0.25) is 4.79 Å². The van der Waals surface area contributed by atoms with Gasteiger partial charge in [-0.15, -0.1) is 0 Å². The standard InChI is InChI=1S/C23H24N4O2/c1-15(2)29-20-11-7-6-10-18(20)25-21-14-19(23(28)24-17-12-13-17)26-22(27-21)16-8-4-3-5-9-16/h3-11,14-15,17H,12-13H2,1-2H3,(H,24,28)(H,25,26,27). The van der Waals surface area contributed by atoms with Crippen molar-refractivity contribution in [3.05, 3.63) is 66.4 Å². The average Bonchev–Trinajstić information content (AvgIpc) is 3.53. The predicted molar refractivity (Wildman–Crippen MR) is 113 cm³/mol. The summed E-state index contributed by atoms with van der Waals surface area (Å²) in [6.45, 7) is 3.96. The van der Waals surface area contributed by atoms with Crippen molar-refractivity contribution >= 4 is 17.4 Å². The number of aromatic nitrogens is 2. The van der Waals surface area contributed by atoms with Gasteiger partial charge in [0.05, 0.1) is 11.8 Å². The van der Waals surface area contributed by atoms with Gasteiger partial charge in [0.1, 0.15) is 17.3 Å². The van der Waals surface area contributed by atoms with E-state index >= 15 is 0 Å². The third kappa shape index (κ3) is 4.90. The molecule has 2 aromatic carbocycles. The largest absolute Gasteiger partial charge is 0.489 e. The molecule has 0 saturated heterocycles. The van der Waals surface area contributed by atoms with Gasteiger partial charge < -0.3 is 15.4 Å². The van der Waals surface area contributed by atoms with Crippen LogP contribution in [0.25, 0.3) is 11.4 Å². The highest BCUT2D eigenvalue weighted by Crippen LogP contribution is 2.29. The molecule has 1 aromatic heterocycles. The first-order chi connectivity index (χ1) is 14.1. The van der Waals surface area contributed by atoms with Crippen molar-refractivity contribution in [2.24, 2.45) is 0 Å². The van der Waals surface area contributed by atoms with Crippen molar-refractivity contribution in [2.75, 3.05) is 5.32 Å². The first-order valence-electron chi connectivity index (χ1n) is 9.86. The molecule has 148 valence electrons. The minimum absolute atomic E-state index is 0.0445. The lowest BCUT2D eigenvalue weighted by Gasteiger charge is -2.16. The molecule has 3 aromatic rings. The van der Waals surface area contributed by atoms with Crippen LogP contribution in [0.4, 0.5) is 11.5 Å². The second kappa shape index (κ2) is 8.31. The smallest absolute Gasteiger partial charge is 0.270 e. The van der Waals surface area contributed by atoms with Crippen LogP contribution in [-0.4, -0.2) is 28.0 Å². The SMILES string of the molecule is CC(C)Oc1ccccc1Nc1cc(C(=O)NC2CC2)nc(-c2ccccc2)n1. The minimum atomic E-state index is -0.179. The quantitative estimate of drug-likeness (QED) is 0.620. The number of rotatable bonds is 7. The summed E-state index contributed by atoms with van der Waals surface area (Å²) in [6.07, 6.45) is 2.09. The summed E-state index contributed by atoms with van der Waals surface area (Å²) in [5.41, 5.74) is 1.98. The number of carbonyl (C=O) groups excluding carboxylic acids is 1. The zero-order valence-electron chi connectivity index (χ0n) is 16.6. The Bertz CT molecular complexity index is 1000. The maximum Gasteiger partial charge on any atom is 0.270 e. The molecule has 1 aliphatic carbocycles. The number of ether oxygens (including phenoxy) is 1. The van der Waals surface area contributed by atoms with Gasteiger partial charge in [0.2, 0.25) is 0 Å². The summed E-state index contributed by atoms with van der Waals surface area (Å²) >= 11 is 0. The number of anilines is 2. The molecule has 0 spiro atoms. The zero-order valence-corrected chi connectivity index (χ0v) is 16.6. The van der Waals surface area contributed by atoms with Gasteiger partial charge >= 0.3 is 0 Å². The van der Waals surface area contributed by atoms with Crippen molar-refractivity contribution in [2.45, 2.75) is 38.8 Å². The van der Waals surface area contributed by atoms with Crippen LogP contribution in [-0.2, 0) is 0 Å². The lowest BCUT2D eigenvalue weighted by atomic mass is 10.2.